The molecule has 1 atom stereocenters. The first-order valence-electron chi connectivity index (χ1n) is 6.60. The number of nitrogens with two attached hydrogens (primary N) is 1. The second-order valence-corrected chi connectivity index (χ2v) is 8.37. The number of thiophene rings is 1. The molecular formula is C14H15FN2OS3. The lowest BCUT2D eigenvalue weighted by Crippen LogP contribution is -2.33. The van der Waals surface area contributed by atoms with Crippen LogP contribution < -0.4 is 11.1 Å². The molecule has 0 bridgehead atoms. The molecule has 1 aromatic heterocycles. The molecular weight excluding hydrogens is 327 g/mol. The number of thioether (sulfide) groups is 2. The van der Waals surface area contributed by atoms with Crippen molar-refractivity contribution in [3.63, 3.8) is 0 Å². The van der Waals surface area contributed by atoms with Crippen molar-refractivity contribution >= 4 is 56.5 Å². The van der Waals surface area contributed by atoms with E-state index in [1.165, 1.54) is 29.2 Å². The molecule has 2 aromatic rings. The zero-order chi connectivity index (χ0) is 14.8. The summed E-state index contributed by atoms with van der Waals surface area (Å²) in [5, 5.41) is 4.03. The van der Waals surface area contributed by atoms with E-state index in [0.717, 1.165) is 16.2 Å². The number of carbonyl (C=O) groups is 1. The average Bonchev–Trinajstić information content (AvgIpc) is 2.83. The van der Waals surface area contributed by atoms with Crippen LogP contribution in [0.2, 0.25) is 0 Å². The van der Waals surface area contributed by atoms with E-state index in [9.17, 15) is 9.18 Å². The SMILES string of the molecule is Nc1c(C(=O)NCC2CSCCS2)sc2ccc(F)cc12. The highest BCUT2D eigenvalue weighted by atomic mass is 32.2. The van der Waals surface area contributed by atoms with Crippen LogP contribution in [0.4, 0.5) is 10.1 Å². The van der Waals surface area contributed by atoms with Gasteiger partial charge in [0.15, 0.2) is 0 Å². The molecule has 1 fully saturated rings. The fraction of sp³-hybridized carbons (Fsp3) is 0.357. The molecule has 112 valence electrons. The van der Waals surface area contributed by atoms with E-state index < -0.39 is 0 Å². The number of fused-ring (bicyclic) bond motifs is 1. The van der Waals surface area contributed by atoms with Crippen molar-refractivity contribution < 1.29 is 9.18 Å². The van der Waals surface area contributed by atoms with E-state index >= 15 is 0 Å². The van der Waals surface area contributed by atoms with Crippen LogP contribution in [-0.4, -0.2) is 35.0 Å². The van der Waals surface area contributed by atoms with E-state index in [2.05, 4.69) is 5.32 Å². The number of nitrogen functional groups attached to an aromatic ring is 1. The maximum absolute atomic E-state index is 13.3. The molecule has 3 rings (SSSR count). The Hall–Kier alpha value is -0.920. The van der Waals surface area contributed by atoms with Crippen LogP contribution in [0.1, 0.15) is 9.67 Å². The van der Waals surface area contributed by atoms with Crippen molar-refractivity contribution in [2.75, 3.05) is 29.5 Å². The van der Waals surface area contributed by atoms with Crippen molar-refractivity contribution in [2.24, 2.45) is 0 Å². The van der Waals surface area contributed by atoms with E-state index in [-0.39, 0.29) is 11.7 Å². The molecule has 21 heavy (non-hydrogen) atoms. The van der Waals surface area contributed by atoms with Gasteiger partial charge in [0.1, 0.15) is 10.7 Å². The Morgan fingerprint density at radius 2 is 2.29 bits per heavy atom. The standard InChI is InChI=1S/C14H15FN2OS3/c15-8-1-2-11-10(5-8)12(16)13(21-11)14(18)17-6-9-7-19-3-4-20-9/h1-2,5,9H,3-4,6-7,16H2,(H,17,18). The van der Waals surface area contributed by atoms with Crippen LogP contribution in [0.5, 0.6) is 0 Å². The quantitative estimate of drug-likeness (QED) is 0.899. The van der Waals surface area contributed by atoms with Crippen molar-refractivity contribution in [3.05, 3.63) is 28.9 Å². The van der Waals surface area contributed by atoms with Crippen LogP contribution in [0.3, 0.4) is 0 Å². The smallest absolute Gasteiger partial charge is 0.263 e. The highest BCUT2D eigenvalue weighted by molar-refractivity contribution is 8.06. The molecule has 0 radical (unpaired) electrons. The van der Waals surface area contributed by atoms with Crippen LogP contribution >= 0.6 is 34.9 Å². The van der Waals surface area contributed by atoms with E-state index in [4.69, 9.17) is 5.73 Å². The van der Waals surface area contributed by atoms with Gasteiger partial charge in [0.05, 0.1) is 5.69 Å². The first kappa shape index (κ1) is 15.0. The summed E-state index contributed by atoms with van der Waals surface area (Å²) < 4.78 is 14.1. The maximum Gasteiger partial charge on any atom is 0.263 e. The number of amides is 1. The topological polar surface area (TPSA) is 55.1 Å². The molecule has 1 aliphatic heterocycles. The Balaban J connectivity index is 1.73. The summed E-state index contributed by atoms with van der Waals surface area (Å²) in [5.41, 5.74) is 6.36. The predicted octanol–water partition coefficient (Wildman–Crippen LogP) is 3.20. The fourth-order valence-corrected chi connectivity index (χ4v) is 5.83. The highest BCUT2D eigenvalue weighted by Gasteiger charge is 2.19. The summed E-state index contributed by atoms with van der Waals surface area (Å²) in [5.74, 6) is 2.89. The van der Waals surface area contributed by atoms with E-state index in [1.54, 1.807) is 6.07 Å². The molecule has 3 N–H and O–H groups in total. The van der Waals surface area contributed by atoms with Gasteiger partial charge in [-0.15, -0.1) is 11.3 Å². The molecule has 2 heterocycles. The number of carbonyl (C=O) groups excluding carboxylic acids is 1. The van der Waals surface area contributed by atoms with Gasteiger partial charge in [-0.05, 0) is 18.2 Å². The number of rotatable bonds is 3. The Bertz CT molecular complexity index is 668. The van der Waals surface area contributed by atoms with Gasteiger partial charge in [-0.25, -0.2) is 4.39 Å². The molecule has 7 heteroatoms. The predicted molar refractivity (Wildman–Crippen MR) is 92.1 cm³/mol. The summed E-state index contributed by atoms with van der Waals surface area (Å²) in [7, 11) is 0. The number of nitrogens with one attached hydrogen (secondary N) is 1. The van der Waals surface area contributed by atoms with Gasteiger partial charge in [-0.2, -0.15) is 23.5 Å². The molecule has 0 saturated carbocycles. The van der Waals surface area contributed by atoms with Crippen LogP contribution in [0.15, 0.2) is 18.2 Å². The zero-order valence-corrected chi connectivity index (χ0v) is 13.7. The summed E-state index contributed by atoms with van der Waals surface area (Å²) in [6, 6.07) is 4.43. The van der Waals surface area contributed by atoms with Crippen molar-refractivity contribution in [1.29, 1.82) is 0 Å². The summed E-state index contributed by atoms with van der Waals surface area (Å²) in [6.45, 7) is 0.651. The average molecular weight is 342 g/mol. The van der Waals surface area contributed by atoms with Crippen LogP contribution in [0, 0.1) is 5.82 Å². The maximum atomic E-state index is 13.3. The fourth-order valence-electron chi connectivity index (χ4n) is 2.20. The van der Waals surface area contributed by atoms with Gasteiger partial charge in [-0.1, -0.05) is 0 Å². The minimum Gasteiger partial charge on any atom is -0.397 e. The summed E-state index contributed by atoms with van der Waals surface area (Å²) >= 11 is 5.13. The number of hydrogen-bond donors (Lipinski definition) is 2. The third kappa shape index (κ3) is 3.30. The number of benzene rings is 1. The molecule has 1 aromatic carbocycles. The number of hydrogen-bond acceptors (Lipinski definition) is 5. The number of halogens is 1. The second-order valence-electron chi connectivity index (χ2n) is 4.76. The van der Waals surface area contributed by atoms with Crippen molar-refractivity contribution in [1.82, 2.24) is 5.32 Å². The third-order valence-corrected chi connectivity index (χ3v) is 7.30. The van der Waals surface area contributed by atoms with Gasteiger partial charge in [-0.3, -0.25) is 4.79 Å². The molecule has 1 saturated heterocycles. The zero-order valence-electron chi connectivity index (χ0n) is 11.2. The first-order chi connectivity index (χ1) is 10.1. The molecule has 0 spiro atoms. The first-order valence-corrected chi connectivity index (χ1v) is 9.62. The van der Waals surface area contributed by atoms with E-state index in [0.29, 0.717) is 27.7 Å². The minimum absolute atomic E-state index is 0.162. The number of anilines is 1. The molecule has 1 aliphatic rings. The van der Waals surface area contributed by atoms with Crippen molar-refractivity contribution in [2.45, 2.75) is 5.25 Å². The van der Waals surface area contributed by atoms with Gasteiger partial charge in [0, 0.05) is 39.1 Å². The Labute approximate surface area is 134 Å². The van der Waals surface area contributed by atoms with Crippen LogP contribution in [-0.2, 0) is 0 Å². The van der Waals surface area contributed by atoms with E-state index in [1.807, 2.05) is 23.5 Å². The molecule has 1 amide bonds. The summed E-state index contributed by atoms with van der Waals surface area (Å²) in [4.78, 5) is 12.7. The largest absolute Gasteiger partial charge is 0.397 e. The lowest BCUT2D eigenvalue weighted by molar-refractivity contribution is 0.0959. The normalized spacial score (nSPS) is 18.8. The van der Waals surface area contributed by atoms with Gasteiger partial charge >= 0.3 is 0 Å². The van der Waals surface area contributed by atoms with Gasteiger partial charge < -0.3 is 11.1 Å². The Morgan fingerprint density at radius 1 is 1.43 bits per heavy atom. The minimum atomic E-state index is -0.338. The highest BCUT2D eigenvalue weighted by Crippen LogP contribution is 2.34. The van der Waals surface area contributed by atoms with Gasteiger partial charge in [0.25, 0.3) is 5.91 Å². The second kappa shape index (κ2) is 6.46. The lowest BCUT2D eigenvalue weighted by atomic mass is 10.2. The Morgan fingerprint density at radius 3 is 3.05 bits per heavy atom. The molecule has 3 nitrogen and oxygen atoms in total. The van der Waals surface area contributed by atoms with Crippen LogP contribution in [0.25, 0.3) is 10.1 Å². The Kier molecular flexibility index (Phi) is 4.61. The molecule has 0 aliphatic carbocycles. The lowest BCUT2D eigenvalue weighted by Gasteiger charge is -2.20. The third-order valence-electron chi connectivity index (χ3n) is 3.27. The molecule has 1 unspecified atom stereocenters. The van der Waals surface area contributed by atoms with Crippen molar-refractivity contribution in [3.8, 4) is 0 Å². The summed E-state index contributed by atoms with van der Waals surface area (Å²) in [6.07, 6.45) is 0. The van der Waals surface area contributed by atoms with Gasteiger partial charge in [0.2, 0.25) is 0 Å². The monoisotopic (exact) mass is 342 g/mol.